The summed E-state index contributed by atoms with van der Waals surface area (Å²) in [6.07, 6.45) is 0.887. The maximum Gasteiger partial charge on any atom is 0.151 e. The fourth-order valence-corrected chi connectivity index (χ4v) is 3.68. The zero-order valence-electron chi connectivity index (χ0n) is 15.5. The minimum absolute atomic E-state index is 0.782. The normalized spacial score (nSPS) is 14.4. The second-order valence-corrected chi connectivity index (χ2v) is 7.37. The molecule has 0 N–H and O–H groups in total. The summed E-state index contributed by atoms with van der Waals surface area (Å²) in [7, 11) is 0. The van der Waals surface area contributed by atoms with Gasteiger partial charge < -0.3 is 9.80 Å². The van der Waals surface area contributed by atoms with Crippen molar-refractivity contribution in [2.24, 2.45) is 0 Å². The van der Waals surface area contributed by atoms with E-state index in [1.165, 1.54) is 16.8 Å². The SMILES string of the molecule is Cc1nnc(N2CCN(c3cccc(Cl)c3)CC2)cc1Cc1ccccc1. The zero-order chi connectivity index (χ0) is 18.6. The minimum Gasteiger partial charge on any atom is -0.368 e. The van der Waals surface area contributed by atoms with Crippen molar-refractivity contribution in [3.05, 3.63) is 82.5 Å². The molecule has 0 amide bonds. The summed E-state index contributed by atoms with van der Waals surface area (Å²) in [6, 6.07) is 20.8. The average molecular weight is 379 g/mol. The number of piperazine rings is 1. The summed E-state index contributed by atoms with van der Waals surface area (Å²) in [5, 5.41) is 9.65. The third kappa shape index (κ3) is 4.22. The number of nitrogens with zero attached hydrogens (tertiary/aromatic N) is 4. The van der Waals surface area contributed by atoms with Crippen LogP contribution in [0.1, 0.15) is 16.8 Å². The molecule has 0 aliphatic carbocycles. The van der Waals surface area contributed by atoms with Gasteiger partial charge in [0, 0.05) is 36.9 Å². The van der Waals surface area contributed by atoms with Gasteiger partial charge in [-0.2, -0.15) is 5.10 Å². The number of rotatable bonds is 4. The Balaban J connectivity index is 1.46. The van der Waals surface area contributed by atoms with Gasteiger partial charge in [-0.3, -0.25) is 0 Å². The number of benzene rings is 2. The summed E-state index contributed by atoms with van der Waals surface area (Å²) in [4.78, 5) is 4.69. The highest BCUT2D eigenvalue weighted by atomic mass is 35.5. The molecule has 2 aromatic carbocycles. The molecule has 1 fully saturated rings. The van der Waals surface area contributed by atoms with Crippen LogP contribution in [0.2, 0.25) is 5.02 Å². The van der Waals surface area contributed by atoms with Gasteiger partial charge in [-0.1, -0.05) is 48.0 Å². The lowest BCUT2D eigenvalue weighted by atomic mass is 10.0. The van der Waals surface area contributed by atoms with Crippen molar-refractivity contribution < 1.29 is 0 Å². The summed E-state index contributed by atoms with van der Waals surface area (Å²) < 4.78 is 0. The van der Waals surface area contributed by atoms with E-state index in [1.54, 1.807) is 0 Å². The highest BCUT2D eigenvalue weighted by molar-refractivity contribution is 6.30. The monoisotopic (exact) mass is 378 g/mol. The molecule has 1 saturated heterocycles. The smallest absolute Gasteiger partial charge is 0.151 e. The Morgan fingerprint density at radius 2 is 1.59 bits per heavy atom. The molecule has 0 bridgehead atoms. The molecule has 0 saturated carbocycles. The second-order valence-electron chi connectivity index (χ2n) is 6.93. The highest BCUT2D eigenvalue weighted by Crippen LogP contribution is 2.23. The van der Waals surface area contributed by atoms with Gasteiger partial charge in [0.25, 0.3) is 0 Å². The van der Waals surface area contributed by atoms with Gasteiger partial charge in [0.15, 0.2) is 5.82 Å². The summed E-state index contributed by atoms with van der Waals surface area (Å²) >= 11 is 6.13. The molecule has 4 rings (SSSR count). The fraction of sp³-hybridized carbons (Fsp3) is 0.273. The Kier molecular flexibility index (Phi) is 5.26. The number of aryl methyl sites for hydroxylation is 1. The van der Waals surface area contributed by atoms with Crippen molar-refractivity contribution >= 4 is 23.1 Å². The molecule has 1 aliphatic heterocycles. The van der Waals surface area contributed by atoms with Crippen molar-refractivity contribution in [1.29, 1.82) is 0 Å². The van der Waals surface area contributed by atoms with E-state index in [0.717, 1.165) is 49.1 Å². The molecule has 2 heterocycles. The Labute approximate surface area is 165 Å². The van der Waals surface area contributed by atoms with Crippen LogP contribution in [0.5, 0.6) is 0 Å². The first-order chi connectivity index (χ1) is 13.2. The lowest BCUT2D eigenvalue weighted by Crippen LogP contribution is -2.47. The molecular weight excluding hydrogens is 356 g/mol. The van der Waals surface area contributed by atoms with Crippen LogP contribution in [-0.2, 0) is 6.42 Å². The van der Waals surface area contributed by atoms with Crippen molar-refractivity contribution in [2.45, 2.75) is 13.3 Å². The third-order valence-corrected chi connectivity index (χ3v) is 5.32. The minimum atomic E-state index is 0.782. The molecule has 5 heteroatoms. The molecule has 138 valence electrons. The van der Waals surface area contributed by atoms with Gasteiger partial charge in [0.1, 0.15) is 0 Å². The number of hydrogen-bond donors (Lipinski definition) is 0. The standard InChI is InChI=1S/C22H23ClN4/c1-17-19(14-18-6-3-2-4-7-18)15-22(25-24-17)27-12-10-26(11-13-27)21-9-5-8-20(23)16-21/h2-9,15-16H,10-14H2,1H3. The summed E-state index contributed by atoms with van der Waals surface area (Å²) in [6.45, 7) is 5.78. The zero-order valence-corrected chi connectivity index (χ0v) is 16.2. The summed E-state index contributed by atoms with van der Waals surface area (Å²) in [5.74, 6) is 0.970. The topological polar surface area (TPSA) is 32.3 Å². The van der Waals surface area contributed by atoms with Gasteiger partial charge in [0.2, 0.25) is 0 Å². The van der Waals surface area contributed by atoms with Gasteiger partial charge in [-0.05, 0) is 48.7 Å². The van der Waals surface area contributed by atoms with Crippen LogP contribution in [0.4, 0.5) is 11.5 Å². The van der Waals surface area contributed by atoms with Gasteiger partial charge in [0.05, 0.1) is 5.69 Å². The maximum atomic E-state index is 6.13. The van der Waals surface area contributed by atoms with E-state index in [9.17, 15) is 0 Å². The second kappa shape index (κ2) is 7.97. The van der Waals surface area contributed by atoms with E-state index in [2.05, 4.69) is 56.4 Å². The Morgan fingerprint density at radius 3 is 2.33 bits per heavy atom. The largest absolute Gasteiger partial charge is 0.368 e. The Hall–Kier alpha value is -2.59. The van der Waals surface area contributed by atoms with Crippen molar-refractivity contribution in [3.63, 3.8) is 0 Å². The number of hydrogen-bond acceptors (Lipinski definition) is 4. The molecule has 1 aliphatic rings. The van der Waals surface area contributed by atoms with E-state index in [-0.39, 0.29) is 0 Å². The Bertz CT molecular complexity index is 905. The lowest BCUT2D eigenvalue weighted by molar-refractivity contribution is 0.642. The van der Waals surface area contributed by atoms with Crippen LogP contribution < -0.4 is 9.80 Å². The molecule has 0 spiro atoms. The molecular formula is C22H23ClN4. The predicted octanol–water partition coefficient (Wildman–Crippen LogP) is 4.36. The van der Waals surface area contributed by atoms with E-state index in [0.29, 0.717) is 0 Å². The lowest BCUT2D eigenvalue weighted by Gasteiger charge is -2.36. The van der Waals surface area contributed by atoms with Crippen molar-refractivity contribution in [2.75, 3.05) is 36.0 Å². The van der Waals surface area contributed by atoms with E-state index in [1.807, 2.05) is 31.2 Å². The molecule has 1 aromatic heterocycles. The van der Waals surface area contributed by atoms with Gasteiger partial charge in [-0.25, -0.2) is 0 Å². The first-order valence-electron chi connectivity index (χ1n) is 9.31. The molecule has 27 heavy (non-hydrogen) atoms. The van der Waals surface area contributed by atoms with Gasteiger partial charge >= 0.3 is 0 Å². The van der Waals surface area contributed by atoms with Crippen molar-refractivity contribution in [3.8, 4) is 0 Å². The predicted molar refractivity (Wildman–Crippen MR) is 112 cm³/mol. The molecule has 0 unspecified atom stereocenters. The molecule has 0 atom stereocenters. The Morgan fingerprint density at radius 1 is 0.852 bits per heavy atom. The van der Waals surface area contributed by atoms with E-state index < -0.39 is 0 Å². The van der Waals surface area contributed by atoms with E-state index >= 15 is 0 Å². The maximum absolute atomic E-state index is 6.13. The first-order valence-corrected chi connectivity index (χ1v) is 9.69. The number of anilines is 2. The summed E-state index contributed by atoms with van der Waals surface area (Å²) in [5.41, 5.74) is 4.72. The van der Waals surface area contributed by atoms with Crippen molar-refractivity contribution in [1.82, 2.24) is 10.2 Å². The third-order valence-electron chi connectivity index (χ3n) is 5.08. The quantitative estimate of drug-likeness (QED) is 0.675. The van der Waals surface area contributed by atoms with Crippen LogP contribution in [0.15, 0.2) is 60.7 Å². The highest BCUT2D eigenvalue weighted by Gasteiger charge is 2.19. The van der Waals surface area contributed by atoms with Gasteiger partial charge in [-0.15, -0.1) is 5.10 Å². The first kappa shape index (κ1) is 17.8. The van der Waals surface area contributed by atoms with E-state index in [4.69, 9.17) is 11.6 Å². The number of aromatic nitrogens is 2. The molecule has 3 aromatic rings. The van der Waals surface area contributed by atoms with Crippen LogP contribution in [0.25, 0.3) is 0 Å². The van der Waals surface area contributed by atoms with Crippen LogP contribution >= 0.6 is 11.6 Å². The fourth-order valence-electron chi connectivity index (χ4n) is 3.50. The van der Waals surface area contributed by atoms with Crippen LogP contribution in [-0.4, -0.2) is 36.4 Å². The molecule has 4 nitrogen and oxygen atoms in total. The molecule has 0 radical (unpaired) electrons. The number of halogens is 1. The van der Waals surface area contributed by atoms with Crippen LogP contribution in [0.3, 0.4) is 0 Å². The average Bonchev–Trinajstić information content (AvgIpc) is 2.71. The van der Waals surface area contributed by atoms with Crippen LogP contribution in [0, 0.1) is 6.92 Å².